The number of thiazole rings is 1. The fraction of sp³-hybridized carbons (Fsp3) is 0.227. The Bertz CT molecular complexity index is 936. The number of likely N-dealkylation sites (N-methyl/N-ethyl adjacent to an activating group) is 1. The molecule has 2 heterocycles. The quantitative estimate of drug-likeness (QED) is 0.548. The number of carbonyl (C=O) groups excluding carboxylic acids is 1. The van der Waals surface area contributed by atoms with Crippen LogP contribution in [0.2, 0.25) is 0 Å². The maximum absolute atomic E-state index is 12.4. The number of hydrogen-bond acceptors (Lipinski definition) is 5. The van der Waals surface area contributed by atoms with E-state index in [2.05, 4.69) is 9.97 Å². The fourth-order valence-corrected chi connectivity index (χ4v) is 3.23. The molecule has 0 aliphatic carbocycles. The molecule has 1 amide bonds. The van der Waals surface area contributed by atoms with E-state index in [0.29, 0.717) is 6.61 Å². The van der Waals surface area contributed by atoms with Gasteiger partial charge >= 0.3 is 0 Å². The van der Waals surface area contributed by atoms with Gasteiger partial charge in [-0.05, 0) is 49.2 Å². The van der Waals surface area contributed by atoms with Crippen LogP contribution < -0.4 is 4.74 Å². The summed E-state index contributed by atoms with van der Waals surface area (Å²) < 4.78 is 5.74. The van der Waals surface area contributed by atoms with Gasteiger partial charge in [-0.2, -0.15) is 0 Å². The largest absolute Gasteiger partial charge is 0.487 e. The summed E-state index contributed by atoms with van der Waals surface area (Å²) in [4.78, 5) is 22.6. The molecule has 144 valence electrons. The summed E-state index contributed by atoms with van der Waals surface area (Å²) in [7, 11) is 1.79. The molecule has 0 saturated carbocycles. The predicted molar refractivity (Wildman–Crippen MR) is 112 cm³/mol. The Hall–Kier alpha value is -2.99. The Morgan fingerprint density at radius 1 is 1.29 bits per heavy atom. The van der Waals surface area contributed by atoms with Crippen LogP contribution in [-0.4, -0.2) is 27.8 Å². The van der Waals surface area contributed by atoms with Gasteiger partial charge in [0.2, 0.25) is 5.91 Å². The van der Waals surface area contributed by atoms with Crippen molar-refractivity contribution in [2.45, 2.75) is 26.5 Å². The lowest BCUT2D eigenvalue weighted by molar-refractivity contribution is -0.126. The highest BCUT2D eigenvalue weighted by molar-refractivity contribution is 7.09. The van der Waals surface area contributed by atoms with Crippen LogP contribution in [-0.2, 0) is 11.4 Å². The molecular formula is C22H23N3O2S. The van der Waals surface area contributed by atoms with E-state index in [9.17, 15) is 4.79 Å². The normalized spacial score (nSPS) is 12.1. The van der Waals surface area contributed by atoms with Crippen LogP contribution >= 0.6 is 11.3 Å². The SMILES string of the molecule is Cc1nc(COc2ccc(C=CC(=O)N(C)C(C)c3cccnc3)cc2)cs1. The molecule has 0 bridgehead atoms. The smallest absolute Gasteiger partial charge is 0.246 e. The third-order valence-corrected chi connectivity index (χ3v) is 5.27. The van der Waals surface area contributed by atoms with E-state index in [1.54, 1.807) is 41.8 Å². The van der Waals surface area contributed by atoms with E-state index in [4.69, 9.17) is 4.74 Å². The van der Waals surface area contributed by atoms with Gasteiger partial charge in [0.25, 0.3) is 0 Å². The molecule has 0 aliphatic rings. The van der Waals surface area contributed by atoms with Crippen LogP contribution in [0.1, 0.15) is 34.8 Å². The lowest BCUT2D eigenvalue weighted by atomic mass is 10.1. The molecule has 1 unspecified atom stereocenters. The van der Waals surface area contributed by atoms with Gasteiger partial charge in [0.15, 0.2) is 0 Å². The molecule has 3 rings (SSSR count). The number of hydrogen-bond donors (Lipinski definition) is 0. The predicted octanol–water partition coefficient (Wildman–Crippen LogP) is 4.66. The number of pyridine rings is 1. The summed E-state index contributed by atoms with van der Waals surface area (Å²) in [5.74, 6) is 0.715. The molecule has 0 N–H and O–H groups in total. The van der Waals surface area contributed by atoms with E-state index in [1.165, 1.54) is 0 Å². The molecule has 0 fully saturated rings. The summed E-state index contributed by atoms with van der Waals surface area (Å²) in [5, 5.41) is 3.03. The average molecular weight is 394 g/mol. The maximum Gasteiger partial charge on any atom is 0.246 e. The number of amides is 1. The topological polar surface area (TPSA) is 55.3 Å². The average Bonchev–Trinajstić information content (AvgIpc) is 3.16. The molecule has 0 spiro atoms. The van der Waals surface area contributed by atoms with Gasteiger partial charge in [-0.3, -0.25) is 9.78 Å². The van der Waals surface area contributed by atoms with Crippen molar-refractivity contribution in [2.24, 2.45) is 0 Å². The second-order valence-electron chi connectivity index (χ2n) is 6.46. The molecule has 3 aromatic rings. The van der Waals surface area contributed by atoms with Crippen molar-refractivity contribution in [3.63, 3.8) is 0 Å². The Balaban J connectivity index is 1.55. The van der Waals surface area contributed by atoms with Crippen LogP contribution in [0, 0.1) is 6.92 Å². The number of ether oxygens (including phenoxy) is 1. The van der Waals surface area contributed by atoms with E-state index in [-0.39, 0.29) is 11.9 Å². The Kier molecular flexibility index (Phi) is 6.55. The van der Waals surface area contributed by atoms with Crippen LogP contribution in [0.5, 0.6) is 5.75 Å². The highest BCUT2D eigenvalue weighted by Crippen LogP contribution is 2.19. The second-order valence-corrected chi connectivity index (χ2v) is 7.52. The summed E-state index contributed by atoms with van der Waals surface area (Å²) in [6.45, 7) is 4.42. The first kappa shape index (κ1) is 19.8. The number of benzene rings is 1. The molecule has 2 aromatic heterocycles. The van der Waals surface area contributed by atoms with Gasteiger partial charge in [0.05, 0.1) is 16.7 Å². The minimum atomic E-state index is -0.0596. The van der Waals surface area contributed by atoms with Crippen molar-refractivity contribution >= 4 is 23.3 Å². The van der Waals surface area contributed by atoms with Gasteiger partial charge in [-0.1, -0.05) is 18.2 Å². The van der Waals surface area contributed by atoms with Crippen molar-refractivity contribution in [1.29, 1.82) is 0 Å². The third-order valence-electron chi connectivity index (χ3n) is 4.45. The van der Waals surface area contributed by atoms with Crippen molar-refractivity contribution in [3.05, 3.63) is 82.1 Å². The van der Waals surface area contributed by atoms with Crippen LogP contribution in [0.3, 0.4) is 0 Å². The first-order valence-corrected chi connectivity index (χ1v) is 9.89. The molecule has 0 aliphatic heterocycles. The first-order chi connectivity index (χ1) is 13.5. The number of carbonyl (C=O) groups is 1. The molecule has 6 heteroatoms. The standard InChI is InChI=1S/C22H23N3O2S/c1-16(19-5-4-12-23-13-19)25(3)22(26)11-8-18-6-9-21(10-7-18)27-14-20-15-28-17(2)24-20/h4-13,15-16H,14H2,1-3H3. The Labute approximate surface area is 169 Å². The molecule has 1 atom stereocenters. The van der Waals surface area contributed by atoms with Gasteiger partial charge in [-0.25, -0.2) is 4.98 Å². The summed E-state index contributed by atoms with van der Waals surface area (Å²) in [6.07, 6.45) is 6.90. The zero-order chi connectivity index (χ0) is 19.9. The van der Waals surface area contributed by atoms with E-state index in [0.717, 1.165) is 27.6 Å². The Morgan fingerprint density at radius 2 is 2.07 bits per heavy atom. The number of aryl methyl sites for hydroxylation is 1. The first-order valence-electron chi connectivity index (χ1n) is 9.01. The number of aromatic nitrogens is 2. The van der Waals surface area contributed by atoms with Crippen molar-refractivity contribution in [2.75, 3.05) is 7.05 Å². The van der Waals surface area contributed by atoms with Crippen LogP contribution in [0.15, 0.2) is 60.2 Å². The summed E-state index contributed by atoms with van der Waals surface area (Å²) >= 11 is 1.61. The molecule has 28 heavy (non-hydrogen) atoms. The molecule has 5 nitrogen and oxygen atoms in total. The highest BCUT2D eigenvalue weighted by atomic mass is 32.1. The molecule has 0 saturated heterocycles. The summed E-state index contributed by atoms with van der Waals surface area (Å²) in [5.41, 5.74) is 2.87. The molecule has 0 radical (unpaired) electrons. The monoisotopic (exact) mass is 393 g/mol. The minimum Gasteiger partial charge on any atom is -0.487 e. The Morgan fingerprint density at radius 3 is 2.71 bits per heavy atom. The molecular weight excluding hydrogens is 370 g/mol. The van der Waals surface area contributed by atoms with E-state index < -0.39 is 0 Å². The number of nitrogens with zero attached hydrogens (tertiary/aromatic N) is 3. The second kappa shape index (κ2) is 9.28. The lowest BCUT2D eigenvalue weighted by Crippen LogP contribution is -2.28. The van der Waals surface area contributed by atoms with Gasteiger partial charge in [0, 0.05) is 30.9 Å². The van der Waals surface area contributed by atoms with Crippen LogP contribution in [0.4, 0.5) is 0 Å². The minimum absolute atomic E-state index is 0.0454. The maximum atomic E-state index is 12.4. The van der Waals surface area contributed by atoms with Crippen molar-refractivity contribution in [3.8, 4) is 5.75 Å². The number of rotatable bonds is 7. The van der Waals surface area contributed by atoms with E-state index in [1.807, 2.05) is 61.7 Å². The molecule has 1 aromatic carbocycles. The van der Waals surface area contributed by atoms with Crippen molar-refractivity contribution in [1.82, 2.24) is 14.9 Å². The third kappa shape index (κ3) is 5.27. The lowest BCUT2D eigenvalue weighted by Gasteiger charge is -2.23. The fourth-order valence-electron chi connectivity index (χ4n) is 2.63. The van der Waals surface area contributed by atoms with Gasteiger partial charge in [0.1, 0.15) is 12.4 Å². The van der Waals surface area contributed by atoms with E-state index >= 15 is 0 Å². The zero-order valence-corrected chi connectivity index (χ0v) is 17.0. The van der Waals surface area contributed by atoms with Crippen molar-refractivity contribution < 1.29 is 9.53 Å². The van der Waals surface area contributed by atoms with Gasteiger partial charge < -0.3 is 9.64 Å². The zero-order valence-electron chi connectivity index (χ0n) is 16.2. The highest BCUT2D eigenvalue weighted by Gasteiger charge is 2.15. The van der Waals surface area contributed by atoms with Gasteiger partial charge in [-0.15, -0.1) is 11.3 Å². The summed E-state index contributed by atoms with van der Waals surface area (Å²) in [6, 6.07) is 11.4. The van der Waals surface area contributed by atoms with Crippen LogP contribution in [0.25, 0.3) is 6.08 Å².